The van der Waals surface area contributed by atoms with Gasteiger partial charge in [0.05, 0.1) is 0 Å². The SMILES string of the molecule is Cc1cc(=O)c(C(=O)O)cn1Cc1ccc(C(C)C)cc1. The predicted octanol–water partition coefficient (Wildman–Crippen LogP) is 3.03. The lowest BCUT2D eigenvalue weighted by Gasteiger charge is -2.12. The standard InChI is InChI=1S/C17H19NO3/c1-11(2)14-6-4-13(5-7-14)9-18-10-15(17(20)21)16(19)8-12(18)3/h4-8,10-11H,9H2,1-3H3,(H,20,21). The van der Waals surface area contributed by atoms with Crippen molar-refractivity contribution in [2.24, 2.45) is 0 Å². The third-order valence-corrected chi connectivity index (χ3v) is 3.57. The number of pyridine rings is 1. The second-order valence-corrected chi connectivity index (χ2v) is 5.52. The molecular formula is C17H19NO3. The van der Waals surface area contributed by atoms with Crippen molar-refractivity contribution in [1.82, 2.24) is 4.57 Å². The lowest BCUT2D eigenvalue weighted by atomic mass is 10.0. The van der Waals surface area contributed by atoms with E-state index in [1.807, 2.05) is 12.1 Å². The van der Waals surface area contributed by atoms with Crippen LogP contribution >= 0.6 is 0 Å². The first-order valence-electron chi connectivity index (χ1n) is 6.91. The summed E-state index contributed by atoms with van der Waals surface area (Å²) < 4.78 is 1.79. The molecule has 0 aliphatic carbocycles. The lowest BCUT2D eigenvalue weighted by Crippen LogP contribution is -2.19. The third-order valence-electron chi connectivity index (χ3n) is 3.57. The Hall–Kier alpha value is -2.36. The van der Waals surface area contributed by atoms with E-state index in [0.717, 1.165) is 11.3 Å². The highest BCUT2D eigenvalue weighted by molar-refractivity contribution is 5.87. The molecule has 4 nitrogen and oxygen atoms in total. The lowest BCUT2D eigenvalue weighted by molar-refractivity contribution is 0.0694. The number of aromatic nitrogens is 1. The monoisotopic (exact) mass is 285 g/mol. The Morgan fingerprint density at radius 1 is 1.24 bits per heavy atom. The van der Waals surface area contributed by atoms with Gasteiger partial charge in [-0.1, -0.05) is 38.1 Å². The molecule has 2 aromatic rings. The van der Waals surface area contributed by atoms with Crippen molar-refractivity contribution in [2.75, 3.05) is 0 Å². The van der Waals surface area contributed by atoms with Gasteiger partial charge in [0.15, 0.2) is 5.43 Å². The Labute approximate surface area is 123 Å². The van der Waals surface area contributed by atoms with Crippen molar-refractivity contribution in [2.45, 2.75) is 33.2 Å². The van der Waals surface area contributed by atoms with Gasteiger partial charge in [-0.2, -0.15) is 0 Å². The highest BCUT2D eigenvalue weighted by atomic mass is 16.4. The number of aromatic carboxylic acids is 1. The summed E-state index contributed by atoms with van der Waals surface area (Å²) in [5.74, 6) is -0.712. The number of nitrogens with zero attached hydrogens (tertiary/aromatic N) is 1. The second-order valence-electron chi connectivity index (χ2n) is 5.52. The van der Waals surface area contributed by atoms with E-state index in [1.54, 1.807) is 11.5 Å². The average molecular weight is 285 g/mol. The molecule has 0 saturated heterocycles. The number of hydrogen-bond acceptors (Lipinski definition) is 2. The van der Waals surface area contributed by atoms with E-state index in [-0.39, 0.29) is 5.56 Å². The minimum atomic E-state index is -1.19. The Morgan fingerprint density at radius 3 is 2.38 bits per heavy atom. The molecule has 0 aliphatic rings. The largest absolute Gasteiger partial charge is 0.477 e. The normalized spacial score (nSPS) is 10.9. The molecule has 0 atom stereocenters. The zero-order valence-electron chi connectivity index (χ0n) is 12.5. The van der Waals surface area contributed by atoms with Gasteiger partial charge in [0.1, 0.15) is 5.56 Å². The maximum Gasteiger partial charge on any atom is 0.341 e. The summed E-state index contributed by atoms with van der Waals surface area (Å²) in [7, 11) is 0. The summed E-state index contributed by atoms with van der Waals surface area (Å²) >= 11 is 0. The number of carboxylic acid groups (broad SMARTS) is 1. The highest BCUT2D eigenvalue weighted by Crippen LogP contribution is 2.15. The van der Waals surface area contributed by atoms with Gasteiger partial charge < -0.3 is 9.67 Å². The minimum absolute atomic E-state index is 0.195. The quantitative estimate of drug-likeness (QED) is 0.939. The van der Waals surface area contributed by atoms with Crippen molar-refractivity contribution < 1.29 is 9.90 Å². The predicted molar refractivity (Wildman–Crippen MR) is 82.0 cm³/mol. The van der Waals surface area contributed by atoms with Crippen molar-refractivity contribution in [1.29, 1.82) is 0 Å². The van der Waals surface area contributed by atoms with Crippen LogP contribution in [0.5, 0.6) is 0 Å². The maximum absolute atomic E-state index is 11.6. The minimum Gasteiger partial charge on any atom is -0.477 e. The summed E-state index contributed by atoms with van der Waals surface area (Å²) in [6.07, 6.45) is 1.41. The fraction of sp³-hybridized carbons (Fsp3) is 0.294. The van der Waals surface area contributed by atoms with E-state index in [0.29, 0.717) is 12.5 Å². The molecule has 0 aliphatic heterocycles. The topological polar surface area (TPSA) is 59.3 Å². The first-order chi connectivity index (χ1) is 9.88. The summed E-state index contributed by atoms with van der Waals surface area (Å²) in [5.41, 5.74) is 2.44. The average Bonchev–Trinajstić information content (AvgIpc) is 2.42. The van der Waals surface area contributed by atoms with Crippen LogP contribution in [0.2, 0.25) is 0 Å². The van der Waals surface area contributed by atoms with E-state index in [9.17, 15) is 9.59 Å². The number of rotatable bonds is 4. The third kappa shape index (κ3) is 3.40. The van der Waals surface area contributed by atoms with Gasteiger partial charge >= 0.3 is 5.97 Å². The molecule has 1 N–H and O–H groups in total. The van der Waals surface area contributed by atoms with E-state index in [2.05, 4.69) is 26.0 Å². The molecule has 2 rings (SSSR count). The Morgan fingerprint density at radius 2 is 1.86 bits per heavy atom. The molecule has 0 saturated carbocycles. The number of carboxylic acids is 1. The molecule has 0 radical (unpaired) electrons. The van der Waals surface area contributed by atoms with Crippen LogP contribution in [-0.4, -0.2) is 15.6 Å². The number of aryl methyl sites for hydroxylation is 1. The zero-order chi connectivity index (χ0) is 15.6. The summed E-state index contributed by atoms with van der Waals surface area (Å²) in [6.45, 7) is 6.63. The molecule has 0 unspecified atom stereocenters. The van der Waals surface area contributed by atoms with Gasteiger partial charge in [0.2, 0.25) is 0 Å². The van der Waals surface area contributed by atoms with Gasteiger partial charge in [-0.15, -0.1) is 0 Å². The molecule has 4 heteroatoms. The fourth-order valence-corrected chi connectivity index (χ4v) is 2.21. The van der Waals surface area contributed by atoms with Crippen LogP contribution in [0, 0.1) is 6.92 Å². The van der Waals surface area contributed by atoms with Crippen LogP contribution in [0.3, 0.4) is 0 Å². The number of carbonyl (C=O) groups is 1. The Kier molecular flexibility index (Phi) is 4.26. The molecule has 110 valence electrons. The highest BCUT2D eigenvalue weighted by Gasteiger charge is 2.11. The van der Waals surface area contributed by atoms with Gasteiger partial charge in [0, 0.05) is 24.5 Å². The first kappa shape index (κ1) is 15.0. The fourth-order valence-electron chi connectivity index (χ4n) is 2.21. The molecule has 0 bridgehead atoms. The van der Waals surface area contributed by atoms with Crippen LogP contribution in [-0.2, 0) is 6.54 Å². The maximum atomic E-state index is 11.6. The molecule has 1 heterocycles. The van der Waals surface area contributed by atoms with Crippen molar-refractivity contribution in [3.8, 4) is 0 Å². The van der Waals surface area contributed by atoms with Gasteiger partial charge in [0.25, 0.3) is 0 Å². The van der Waals surface area contributed by atoms with Crippen LogP contribution in [0.1, 0.15) is 46.9 Å². The molecule has 1 aromatic heterocycles. The summed E-state index contributed by atoms with van der Waals surface area (Å²) in [5, 5.41) is 9.03. The van der Waals surface area contributed by atoms with Crippen LogP contribution in [0.15, 0.2) is 41.3 Å². The second kappa shape index (κ2) is 5.95. The number of benzene rings is 1. The van der Waals surface area contributed by atoms with Crippen LogP contribution < -0.4 is 5.43 Å². The number of hydrogen-bond donors (Lipinski definition) is 1. The first-order valence-corrected chi connectivity index (χ1v) is 6.91. The molecular weight excluding hydrogens is 266 g/mol. The molecule has 0 amide bonds. The smallest absolute Gasteiger partial charge is 0.341 e. The van der Waals surface area contributed by atoms with Gasteiger partial charge in [-0.3, -0.25) is 4.79 Å². The molecule has 0 spiro atoms. The van der Waals surface area contributed by atoms with Crippen molar-refractivity contribution in [3.63, 3.8) is 0 Å². The summed E-state index contributed by atoms with van der Waals surface area (Å²) in [4.78, 5) is 22.7. The Balaban J connectivity index is 2.33. The molecule has 1 aromatic carbocycles. The van der Waals surface area contributed by atoms with Gasteiger partial charge in [-0.05, 0) is 24.0 Å². The van der Waals surface area contributed by atoms with E-state index in [4.69, 9.17) is 5.11 Å². The van der Waals surface area contributed by atoms with Crippen LogP contribution in [0.4, 0.5) is 0 Å². The Bertz CT molecular complexity index is 712. The summed E-state index contributed by atoms with van der Waals surface area (Å²) in [6, 6.07) is 9.60. The van der Waals surface area contributed by atoms with Crippen LogP contribution in [0.25, 0.3) is 0 Å². The van der Waals surface area contributed by atoms with Gasteiger partial charge in [-0.25, -0.2) is 4.79 Å². The van der Waals surface area contributed by atoms with Crippen molar-refractivity contribution in [3.05, 3.63) is 69.1 Å². The van der Waals surface area contributed by atoms with Crippen molar-refractivity contribution >= 4 is 5.97 Å². The molecule has 21 heavy (non-hydrogen) atoms. The van der Waals surface area contributed by atoms with E-state index < -0.39 is 11.4 Å². The molecule has 0 fully saturated rings. The van der Waals surface area contributed by atoms with E-state index >= 15 is 0 Å². The zero-order valence-corrected chi connectivity index (χ0v) is 12.5. The van der Waals surface area contributed by atoms with E-state index in [1.165, 1.54) is 17.8 Å².